The lowest BCUT2D eigenvalue weighted by Crippen LogP contribution is -2.30. The minimum absolute atomic E-state index is 0.0735. The molecule has 0 saturated carbocycles. The Morgan fingerprint density at radius 1 is 0.974 bits per heavy atom. The van der Waals surface area contributed by atoms with Crippen molar-refractivity contribution < 1.29 is 19.1 Å². The van der Waals surface area contributed by atoms with E-state index in [0.29, 0.717) is 27.7 Å². The van der Waals surface area contributed by atoms with Gasteiger partial charge in [0.2, 0.25) is 5.91 Å². The summed E-state index contributed by atoms with van der Waals surface area (Å²) >= 11 is 2.73. The van der Waals surface area contributed by atoms with Crippen LogP contribution in [0.15, 0.2) is 101 Å². The molecule has 1 heterocycles. The number of anilines is 2. The summed E-state index contributed by atoms with van der Waals surface area (Å²) in [6.07, 6.45) is 3.22. The molecule has 0 spiro atoms. The topological polar surface area (TPSA) is 109 Å². The molecule has 3 amide bonds. The molecule has 10 heteroatoms. The summed E-state index contributed by atoms with van der Waals surface area (Å²) in [4.78, 5) is 43.0. The van der Waals surface area contributed by atoms with Gasteiger partial charge >= 0.3 is 0 Å². The van der Waals surface area contributed by atoms with Gasteiger partial charge in [0.15, 0.2) is 5.13 Å². The number of ether oxygens (including phenoxy) is 1. The van der Waals surface area contributed by atoms with Crippen molar-refractivity contribution in [1.29, 1.82) is 0 Å². The maximum atomic E-state index is 13.2. The van der Waals surface area contributed by atoms with Gasteiger partial charge in [0.05, 0.1) is 12.9 Å². The van der Waals surface area contributed by atoms with Crippen LogP contribution >= 0.6 is 23.1 Å². The van der Waals surface area contributed by atoms with Gasteiger partial charge in [0, 0.05) is 27.7 Å². The molecule has 0 radical (unpaired) electrons. The highest BCUT2D eigenvalue weighted by Gasteiger charge is 2.15. The predicted octanol–water partition coefficient (Wildman–Crippen LogP) is 5.29. The zero-order valence-electron chi connectivity index (χ0n) is 20.3. The van der Waals surface area contributed by atoms with Crippen LogP contribution in [0.4, 0.5) is 10.8 Å². The first-order valence-electron chi connectivity index (χ1n) is 11.5. The highest BCUT2D eigenvalue weighted by atomic mass is 32.2. The van der Waals surface area contributed by atoms with Gasteiger partial charge in [0.25, 0.3) is 11.8 Å². The van der Waals surface area contributed by atoms with E-state index in [9.17, 15) is 14.4 Å². The number of thioether (sulfide) groups is 1. The van der Waals surface area contributed by atoms with Crippen molar-refractivity contribution >= 4 is 57.7 Å². The number of benzene rings is 3. The lowest BCUT2D eigenvalue weighted by Gasteiger charge is -2.12. The Bertz CT molecular complexity index is 1420. The summed E-state index contributed by atoms with van der Waals surface area (Å²) < 4.78 is 5.27. The minimum atomic E-state index is -0.486. The zero-order valence-corrected chi connectivity index (χ0v) is 22.0. The fourth-order valence-corrected chi connectivity index (χ4v) is 4.51. The van der Waals surface area contributed by atoms with Gasteiger partial charge in [0.1, 0.15) is 11.4 Å². The molecule has 8 nitrogen and oxygen atoms in total. The van der Waals surface area contributed by atoms with E-state index in [-0.39, 0.29) is 17.4 Å². The normalized spacial score (nSPS) is 10.9. The quantitative estimate of drug-likeness (QED) is 0.185. The van der Waals surface area contributed by atoms with E-state index >= 15 is 0 Å². The second-order valence-electron chi connectivity index (χ2n) is 7.81. The number of nitrogens with zero attached hydrogens (tertiary/aromatic N) is 1. The van der Waals surface area contributed by atoms with E-state index in [1.807, 2.05) is 18.2 Å². The number of rotatable bonds is 10. The lowest BCUT2D eigenvalue weighted by molar-refractivity contribution is -0.114. The van der Waals surface area contributed by atoms with Gasteiger partial charge in [-0.25, -0.2) is 4.98 Å². The Morgan fingerprint density at radius 2 is 1.76 bits per heavy atom. The number of amides is 3. The Morgan fingerprint density at radius 3 is 2.47 bits per heavy atom. The molecule has 0 unspecified atom stereocenters. The van der Waals surface area contributed by atoms with E-state index in [0.717, 1.165) is 4.90 Å². The fraction of sp³-hybridized carbons (Fsp3) is 0.0714. The third-order valence-electron chi connectivity index (χ3n) is 5.09. The maximum absolute atomic E-state index is 13.2. The second-order valence-corrected chi connectivity index (χ2v) is 9.75. The van der Waals surface area contributed by atoms with Gasteiger partial charge < -0.3 is 20.7 Å². The average Bonchev–Trinajstić information content (AvgIpc) is 3.46. The van der Waals surface area contributed by atoms with Crippen LogP contribution in [0.1, 0.15) is 15.9 Å². The summed E-state index contributed by atoms with van der Waals surface area (Å²) in [6, 6.07) is 22.9. The highest BCUT2D eigenvalue weighted by molar-refractivity contribution is 8.00. The number of methoxy groups -OCH3 is 1. The molecule has 3 aromatic carbocycles. The first-order valence-corrected chi connectivity index (χ1v) is 13.3. The maximum Gasteiger partial charge on any atom is 0.272 e. The SMILES string of the molecule is COc1cccc(/C=C(\NC(=O)c2ccccc2)C(=O)Nc2ccc(SCC(=O)Nc3nccs3)cc2)c1. The molecule has 0 atom stereocenters. The van der Waals surface area contributed by atoms with Crippen LogP contribution < -0.4 is 20.7 Å². The van der Waals surface area contributed by atoms with Gasteiger partial charge in [-0.05, 0) is 60.2 Å². The van der Waals surface area contributed by atoms with Crippen molar-refractivity contribution in [3.05, 3.63) is 107 Å². The summed E-state index contributed by atoms with van der Waals surface area (Å²) in [6.45, 7) is 0. The third kappa shape index (κ3) is 7.79. The number of thiazole rings is 1. The van der Waals surface area contributed by atoms with E-state index < -0.39 is 11.8 Å². The third-order valence-corrected chi connectivity index (χ3v) is 6.79. The summed E-state index contributed by atoms with van der Waals surface area (Å²) in [5.74, 6) is -0.187. The molecule has 0 aliphatic carbocycles. The van der Waals surface area contributed by atoms with Crippen molar-refractivity contribution in [2.45, 2.75) is 4.90 Å². The van der Waals surface area contributed by atoms with Crippen LogP contribution in [0.3, 0.4) is 0 Å². The number of hydrogen-bond acceptors (Lipinski definition) is 7. The number of aromatic nitrogens is 1. The van der Waals surface area contributed by atoms with E-state index in [1.165, 1.54) is 23.1 Å². The molecule has 0 aliphatic heterocycles. The number of carbonyl (C=O) groups excluding carboxylic acids is 3. The van der Waals surface area contributed by atoms with Crippen LogP contribution in [0, 0.1) is 0 Å². The summed E-state index contributed by atoms with van der Waals surface area (Å²) in [5, 5.41) is 10.6. The van der Waals surface area contributed by atoms with Crippen LogP contribution in [-0.4, -0.2) is 35.6 Å². The standard InChI is InChI=1S/C28H24N4O4S2/c1-36-22-9-5-6-19(16-22)17-24(31-26(34)20-7-3-2-4-8-20)27(35)30-21-10-12-23(13-11-21)38-18-25(33)32-28-29-14-15-37-28/h2-17H,18H2,1H3,(H,30,35)(H,31,34)(H,29,32,33)/b24-17-. The Kier molecular flexibility index (Phi) is 9.27. The van der Waals surface area contributed by atoms with Crippen LogP contribution in [0.2, 0.25) is 0 Å². The van der Waals surface area contributed by atoms with Crippen molar-refractivity contribution in [2.24, 2.45) is 0 Å². The molecule has 0 bridgehead atoms. The number of hydrogen-bond donors (Lipinski definition) is 3. The van der Waals surface area contributed by atoms with Gasteiger partial charge in [-0.2, -0.15) is 0 Å². The zero-order chi connectivity index (χ0) is 26.7. The van der Waals surface area contributed by atoms with Crippen LogP contribution in [0.25, 0.3) is 6.08 Å². The van der Waals surface area contributed by atoms with Crippen LogP contribution in [-0.2, 0) is 9.59 Å². The van der Waals surface area contributed by atoms with Gasteiger partial charge in [-0.1, -0.05) is 30.3 Å². The van der Waals surface area contributed by atoms with Crippen molar-refractivity contribution in [3.8, 4) is 5.75 Å². The first kappa shape index (κ1) is 26.6. The molecule has 0 saturated heterocycles. The highest BCUT2D eigenvalue weighted by Crippen LogP contribution is 2.22. The largest absolute Gasteiger partial charge is 0.497 e. The van der Waals surface area contributed by atoms with Gasteiger partial charge in [-0.3, -0.25) is 14.4 Å². The molecule has 0 aliphatic rings. The predicted molar refractivity (Wildman–Crippen MR) is 151 cm³/mol. The molecule has 3 N–H and O–H groups in total. The molecule has 0 fully saturated rings. The molecular weight excluding hydrogens is 520 g/mol. The summed E-state index contributed by atoms with van der Waals surface area (Å²) in [5.41, 5.74) is 1.73. The average molecular weight is 545 g/mol. The Hall–Kier alpha value is -4.41. The Balaban J connectivity index is 1.43. The van der Waals surface area contributed by atoms with Crippen molar-refractivity contribution in [3.63, 3.8) is 0 Å². The molecule has 4 rings (SSSR count). The van der Waals surface area contributed by atoms with E-state index in [4.69, 9.17) is 4.74 Å². The van der Waals surface area contributed by atoms with Crippen LogP contribution in [0.5, 0.6) is 5.75 Å². The van der Waals surface area contributed by atoms with E-state index in [1.54, 1.807) is 85.4 Å². The van der Waals surface area contributed by atoms with Crippen molar-refractivity contribution in [2.75, 3.05) is 23.5 Å². The Labute approximate surface area is 228 Å². The first-order chi connectivity index (χ1) is 18.5. The summed E-state index contributed by atoms with van der Waals surface area (Å²) in [7, 11) is 1.56. The minimum Gasteiger partial charge on any atom is -0.497 e. The molecule has 192 valence electrons. The van der Waals surface area contributed by atoms with Crippen molar-refractivity contribution in [1.82, 2.24) is 10.3 Å². The number of nitrogens with one attached hydrogen (secondary N) is 3. The molecular formula is C28H24N4O4S2. The molecule has 38 heavy (non-hydrogen) atoms. The van der Waals surface area contributed by atoms with E-state index in [2.05, 4.69) is 20.9 Å². The fourth-order valence-electron chi connectivity index (χ4n) is 3.26. The monoisotopic (exact) mass is 544 g/mol. The molecule has 1 aromatic heterocycles. The molecule has 4 aromatic rings. The smallest absolute Gasteiger partial charge is 0.272 e. The lowest BCUT2D eigenvalue weighted by atomic mass is 10.1. The van der Waals surface area contributed by atoms with Gasteiger partial charge in [-0.15, -0.1) is 23.1 Å². The second kappa shape index (κ2) is 13.2. The number of carbonyl (C=O) groups is 3.